The van der Waals surface area contributed by atoms with Crippen LogP contribution in [0.15, 0.2) is 116 Å². The number of anilines is 3. The number of imidazole rings is 4. The van der Waals surface area contributed by atoms with Crippen molar-refractivity contribution in [3.8, 4) is 23.2 Å². The number of para-hydroxylation sites is 1. The Balaban J connectivity index is 0.000000177. The number of nitrogen functional groups attached to an aromatic ring is 3. The number of H-pyrrole nitrogens is 1. The van der Waals surface area contributed by atoms with E-state index in [-0.39, 0.29) is 67.3 Å². The Morgan fingerprint density at radius 2 is 1.22 bits per heavy atom. The normalized spacial score (nSPS) is 17.8. The van der Waals surface area contributed by atoms with Crippen molar-refractivity contribution in [2.75, 3.05) is 36.7 Å². The second kappa shape index (κ2) is 40.6. The van der Waals surface area contributed by atoms with E-state index in [0.29, 0.717) is 71.0 Å². The number of rotatable bonds is 25. The molecule has 3 amide bonds. The SMILES string of the molecule is CC(=O)OC[C@H]1O[C@@H](n2cnc(C(N)=O)c2Br)[C@H](OC(C)=O)[C@@H]1OC(C)=O.CC(C)(C)Cn1c(-c2ccc(P(=O)(O)O)o2)nc2c(N)ncnc21.CCc1cc(F)c(N)c2nc(-c3ccc(P(=O)(O)O)o3)n(CC(C)C)c12.NC(=O)c1ncn([C@@H]2O[C@H](COP(=O)(O)O)[C@@H](O)[C@H]2O)c1Br.Nc1cccc2c(CCc3ccccc3)c(C(=O)NCP(=O)(O)O)[nH]c12. The van der Waals surface area contributed by atoms with Crippen molar-refractivity contribution >= 4 is 159 Å². The van der Waals surface area contributed by atoms with Crippen LogP contribution in [0.25, 0.3) is 56.3 Å². The number of nitrogens with one attached hydrogen (secondary N) is 2. The number of aromatic amines is 1. The molecule has 0 radical (unpaired) electrons. The van der Waals surface area contributed by atoms with Gasteiger partial charge in [-0.3, -0.25) is 56.1 Å². The lowest BCUT2D eigenvalue weighted by Gasteiger charge is -2.24. The molecule has 2 aliphatic rings. The monoisotopic (exact) mass is 1950 g/mol. The number of furan rings is 2. The minimum Gasteiger partial charge on any atom is -0.463 e. The number of aliphatic hydroxyl groups is 2. The smallest absolute Gasteiger partial charge is 0.463 e. The molecule has 2 aliphatic heterocycles. The maximum absolute atomic E-state index is 14.2. The molecule has 125 heavy (non-hydrogen) atoms. The van der Waals surface area contributed by atoms with Gasteiger partial charge in [0.1, 0.15) is 69.9 Å². The molecule has 0 unspecified atom stereocenters. The summed E-state index contributed by atoms with van der Waals surface area (Å²) < 4.78 is 107. The highest BCUT2D eigenvalue weighted by Gasteiger charge is 2.52. The highest BCUT2D eigenvalue weighted by Crippen LogP contribution is 2.44. The molecule has 2 fully saturated rings. The van der Waals surface area contributed by atoms with Crippen LogP contribution in [0.3, 0.4) is 0 Å². The number of benzene rings is 3. The molecular formula is C73H90Br2FN17O28P4. The molecule has 3 aromatic carbocycles. The first kappa shape index (κ1) is 98.5. The number of carbonyl (C=O) groups excluding carboxylic acids is 6. The molecule has 0 saturated carbocycles. The van der Waals surface area contributed by atoms with Crippen LogP contribution < -0.4 is 45.0 Å². The van der Waals surface area contributed by atoms with Gasteiger partial charge < -0.3 is 130 Å². The largest absolute Gasteiger partial charge is 0.469 e. The zero-order valence-corrected chi connectivity index (χ0v) is 74.4. The Morgan fingerprint density at radius 1 is 0.672 bits per heavy atom. The number of aliphatic hydroxyl groups excluding tert-OH is 2. The van der Waals surface area contributed by atoms with Crippen LogP contribution in [-0.2, 0) is 93.2 Å². The number of esters is 3. The number of hydrogen-bond donors (Lipinski definition) is 17. The van der Waals surface area contributed by atoms with E-state index in [1.165, 1.54) is 72.9 Å². The van der Waals surface area contributed by atoms with Gasteiger partial charge in [-0.2, -0.15) is 0 Å². The van der Waals surface area contributed by atoms with Crippen LogP contribution in [0.5, 0.6) is 0 Å². The molecule has 8 aromatic heterocycles. The van der Waals surface area contributed by atoms with E-state index < -0.39 is 145 Å². The minimum atomic E-state index is -4.74. The van der Waals surface area contributed by atoms with Crippen molar-refractivity contribution in [2.24, 2.45) is 22.8 Å². The summed E-state index contributed by atoms with van der Waals surface area (Å²) in [7, 11) is -18.1. The molecule has 0 spiro atoms. The first-order valence-corrected chi connectivity index (χ1v) is 45.3. The van der Waals surface area contributed by atoms with Crippen LogP contribution in [0.4, 0.5) is 21.6 Å². The molecule has 11 aromatic rings. The quantitative estimate of drug-likeness (QED) is 0.0145. The molecule has 10 heterocycles. The van der Waals surface area contributed by atoms with Gasteiger partial charge in [0, 0.05) is 39.2 Å². The summed E-state index contributed by atoms with van der Waals surface area (Å²) in [6, 6.07) is 22.1. The van der Waals surface area contributed by atoms with Crippen molar-refractivity contribution in [3.05, 3.63) is 147 Å². The van der Waals surface area contributed by atoms with Gasteiger partial charge in [-0.1, -0.05) is 84.0 Å². The predicted molar refractivity (Wildman–Crippen MR) is 450 cm³/mol. The first-order chi connectivity index (χ1) is 58.3. The standard InChI is InChI=1S/C18H20N3O4P.C17H21FN3O4P.C15H18BrN3O8.C14H18N5O4P.C9H13BrN3O8P/c19-15-8-4-7-13-14(10-9-12-5-2-1-3-6-12)17(21-16(13)15)18(22)20-11-26(23,24)25;1-4-10-7-11(18)14(19)15-16(10)21(8-9(2)3)17(20-15)12-5-6-13(25-12)26(22,23)24;1-6(20)24-4-9-11(25-7(2)21)12(26-8(3)22)15(27-9)19-5-18-10(13(19)16)14(17)23;1-14(2,3)6-19-12(8-4-5-9(23-8)24(20,21)22)18-10-11(15)16-7-17-13(10)19;10-7-4(8(11)16)12-2-13(7)9-6(15)5(14)3(21-9)1-20-22(17,18)19/h1-8,21H,9-11,19H2,(H,20,22)(H2,23,24,25);5-7,9H,4,8,19H2,1-3H3,(H2,22,23,24);5,9,11-12,15H,4H2,1-3H3,(H2,17,23);4-5,7H,6H2,1-3H3,(H2,15,16,17)(H2,20,21,22);2-3,5-6,9,14-15H,1H2,(H2,11,16)(H2,17,18,19)/t;;9-,11-,12-,15-;;3-,5-,6-,9-/m..1.1/s1. The van der Waals surface area contributed by atoms with E-state index in [1.807, 2.05) is 72.4 Å². The van der Waals surface area contributed by atoms with Gasteiger partial charge in [-0.25, -0.2) is 38.9 Å². The van der Waals surface area contributed by atoms with E-state index in [2.05, 4.69) is 97.4 Å². The number of aromatic nitrogens is 11. The Kier molecular flexibility index (Phi) is 32.0. The van der Waals surface area contributed by atoms with Crippen LogP contribution in [-0.4, -0.2) is 194 Å². The second-order valence-corrected chi connectivity index (χ2v) is 37.0. The fraction of sp³-hybridized carbons (Fsp3) is 0.370. The lowest BCUT2D eigenvalue weighted by atomic mass is 9.97. The number of phosphoric acid groups is 1. The number of nitrogens with zero attached hydrogens (tertiary/aromatic N) is 10. The number of aryl methyl sites for hydroxylation is 3. The molecule has 2 saturated heterocycles. The van der Waals surface area contributed by atoms with Gasteiger partial charge >= 0.3 is 48.5 Å². The van der Waals surface area contributed by atoms with Gasteiger partial charge in [0.2, 0.25) is 11.0 Å². The second-order valence-electron chi connectivity index (χ2n) is 29.5. The van der Waals surface area contributed by atoms with E-state index in [0.717, 1.165) is 34.8 Å². The van der Waals surface area contributed by atoms with E-state index in [4.69, 9.17) is 80.8 Å². The van der Waals surface area contributed by atoms with Crippen LogP contribution >= 0.6 is 62.5 Å². The zero-order valence-electron chi connectivity index (χ0n) is 67.7. The Morgan fingerprint density at radius 3 is 1.73 bits per heavy atom. The molecule has 52 heteroatoms. The van der Waals surface area contributed by atoms with E-state index in [1.54, 1.807) is 6.07 Å². The van der Waals surface area contributed by atoms with Gasteiger partial charge in [0.25, 0.3) is 17.7 Å². The summed E-state index contributed by atoms with van der Waals surface area (Å²) in [6.45, 7) is 15.9. The van der Waals surface area contributed by atoms with Gasteiger partial charge in [0.15, 0.2) is 76.2 Å². The van der Waals surface area contributed by atoms with Crippen molar-refractivity contribution in [2.45, 2.75) is 144 Å². The maximum atomic E-state index is 14.2. The number of ether oxygens (including phenoxy) is 5. The Labute approximate surface area is 724 Å². The van der Waals surface area contributed by atoms with Gasteiger partial charge in [-0.05, 0) is 116 Å². The average molecular weight is 1960 g/mol. The number of phosphoric ester groups is 1. The average Bonchev–Trinajstić information content (AvgIpc) is 1.61. The van der Waals surface area contributed by atoms with Crippen molar-refractivity contribution in [1.82, 2.24) is 58.5 Å². The van der Waals surface area contributed by atoms with Crippen LogP contribution in [0.1, 0.15) is 123 Å². The lowest BCUT2D eigenvalue weighted by Crippen LogP contribution is -2.40. The number of halogens is 3. The first-order valence-electron chi connectivity index (χ1n) is 37.2. The summed E-state index contributed by atoms with van der Waals surface area (Å²) in [5, 5.41) is 22.9. The molecule has 45 nitrogen and oxygen atoms in total. The summed E-state index contributed by atoms with van der Waals surface area (Å²) in [5.74, 6) is -2.87. The molecule has 13 rings (SSSR count). The summed E-state index contributed by atoms with van der Waals surface area (Å²) >= 11 is 6.27. The van der Waals surface area contributed by atoms with Crippen LogP contribution in [0.2, 0.25) is 0 Å². The van der Waals surface area contributed by atoms with E-state index >= 15 is 0 Å². The van der Waals surface area contributed by atoms with Crippen LogP contribution in [0, 0.1) is 17.2 Å². The Bertz CT molecular complexity index is 5990. The van der Waals surface area contributed by atoms with Gasteiger partial charge in [-0.15, -0.1) is 0 Å². The van der Waals surface area contributed by atoms with E-state index in [9.17, 15) is 81.2 Å². The van der Waals surface area contributed by atoms with Crippen molar-refractivity contribution in [1.29, 1.82) is 0 Å². The molecule has 8 atom stereocenters. The van der Waals surface area contributed by atoms with Gasteiger partial charge in [0.05, 0.1) is 41.7 Å². The predicted octanol–water partition coefficient (Wildman–Crippen LogP) is 5.50. The maximum Gasteiger partial charge on any atom is 0.469 e. The number of primary amides is 2. The number of amides is 3. The molecule has 0 bridgehead atoms. The fourth-order valence-electron chi connectivity index (χ4n) is 12.8. The summed E-state index contributed by atoms with van der Waals surface area (Å²) in [6.07, 6.45) is -4.33. The fourth-order valence-corrected chi connectivity index (χ4v) is 15.7. The third-order valence-corrected chi connectivity index (χ3v) is 22.4. The number of hydrogen-bond acceptors (Lipinski definition) is 29. The molecular weight excluding hydrogens is 1870 g/mol. The number of carbonyl (C=O) groups is 6. The zero-order chi connectivity index (χ0) is 92.6. The highest BCUT2D eigenvalue weighted by molar-refractivity contribution is 9.10. The summed E-state index contributed by atoms with van der Waals surface area (Å²) in [4.78, 5) is 169. The Hall–Kier alpha value is -10.3. The molecule has 0 aliphatic carbocycles. The lowest BCUT2D eigenvalue weighted by molar-refractivity contribution is -0.166. The molecule has 22 N–H and O–H groups in total. The summed E-state index contributed by atoms with van der Waals surface area (Å²) in [5.41, 5.74) is 33.1. The highest BCUT2D eigenvalue weighted by atomic mass is 79.9. The third kappa shape index (κ3) is 24.9. The third-order valence-electron chi connectivity index (χ3n) is 18.1. The number of nitrogens with two attached hydrogens (primary N) is 5. The van der Waals surface area contributed by atoms with Crippen molar-refractivity contribution < 1.29 is 138 Å². The molecule has 676 valence electrons. The minimum absolute atomic E-state index is 0.0530. The topological polar surface area (TPSA) is 710 Å². The number of fused-ring (bicyclic) bond motifs is 3. The van der Waals surface area contributed by atoms with Crippen molar-refractivity contribution in [3.63, 3.8) is 0 Å².